The van der Waals surface area contributed by atoms with Gasteiger partial charge in [-0.15, -0.1) is 0 Å². The molecule has 1 N–H and O–H groups in total. The van der Waals surface area contributed by atoms with E-state index < -0.39 is 0 Å². The zero-order chi connectivity index (χ0) is 11.0. The molecule has 0 aromatic heterocycles. The van der Waals surface area contributed by atoms with Crippen LogP contribution < -0.4 is 5.32 Å². The van der Waals surface area contributed by atoms with Gasteiger partial charge in [0, 0.05) is 25.1 Å². The van der Waals surface area contributed by atoms with Crippen molar-refractivity contribution in [1.82, 2.24) is 5.32 Å². The number of carbonyl (C=O) groups excluding carboxylic acids is 1. The Morgan fingerprint density at radius 2 is 2.06 bits per heavy atom. The summed E-state index contributed by atoms with van der Waals surface area (Å²) in [5, 5.41) is 3.54. The summed E-state index contributed by atoms with van der Waals surface area (Å²) in [6, 6.07) is 0. The zero-order valence-corrected chi connectivity index (χ0v) is 9.51. The molecule has 0 saturated carbocycles. The van der Waals surface area contributed by atoms with Crippen molar-refractivity contribution in [2.45, 2.75) is 38.5 Å². The van der Waals surface area contributed by atoms with E-state index in [1.165, 1.54) is 41.7 Å². The van der Waals surface area contributed by atoms with Gasteiger partial charge in [-0.2, -0.15) is 0 Å². The van der Waals surface area contributed by atoms with Crippen molar-refractivity contribution in [3.05, 3.63) is 34.6 Å². The number of fused-ring (bicyclic) bond motifs is 1. The Morgan fingerprint density at radius 1 is 1.12 bits per heavy atom. The third-order valence-electron chi connectivity index (χ3n) is 3.68. The molecule has 0 radical (unpaired) electrons. The van der Waals surface area contributed by atoms with Gasteiger partial charge >= 0.3 is 0 Å². The minimum atomic E-state index is 0.360. The van der Waals surface area contributed by atoms with Crippen molar-refractivity contribution in [1.29, 1.82) is 0 Å². The molecule has 0 atom stereocenters. The van der Waals surface area contributed by atoms with Crippen LogP contribution in [0.5, 0.6) is 0 Å². The Labute approximate surface area is 96.1 Å². The monoisotopic (exact) mass is 215 g/mol. The van der Waals surface area contributed by atoms with E-state index in [9.17, 15) is 4.79 Å². The number of carbonyl (C=O) groups is 1. The summed E-state index contributed by atoms with van der Waals surface area (Å²) >= 11 is 0. The van der Waals surface area contributed by atoms with E-state index in [4.69, 9.17) is 0 Å². The molecule has 0 spiro atoms. The first-order valence-corrected chi connectivity index (χ1v) is 6.21. The lowest BCUT2D eigenvalue weighted by atomic mass is 10.0. The van der Waals surface area contributed by atoms with Crippen LogP contribution in [-0.4, -0.2) is 12.3 Å². The van der Waals surface area contributed by atoms with Gasteiger partial charge in [0.25, 0.3) is 0 Å². The molecule has 0 fully saturated rings. The summed E-state index contributed by atoms with van der Waals surface area (Å²) in [5.74, 6) is 0.360. The molecular weight excluding hydrogens is 198 g/mol. The third-order valence-corrected chi connectivity index (χ3v) is 3.68. The molecule has 0 saturated heterocycles. The highest BCUT2D eigenvalue weighted by atomic mass is 16.1. The SMILES string of the molecule is O=C1CC=CC2=C(C1)CC1=C2NCCCC1. The fourth-order valence-corrected chi connectivity index (χ4v) is 2.90. The molecule has 0 amide bonds. The second-order valence-corrected chi connectivity index (χ2v) is 4.88. The quantitative estimate of drug-likeness (QED) is 0.673. The maximum Gasteiger partial charge on any atom is 0.140 e. The number of hydrogen-bond donors (Lipinski definition) is 1. The highest BCUT2D eigenvalue weighted by molar-refractivity contribution is 5.84. The first-order valence-electron chi connectivity index (χ1n) is 6.21. The maximum absolute atomic E-state index is 11.6. The molecule has 0 aromatic rings. The average molecular weight is 215 g/mol. The van der Waals surface area contributed by atoms with Crippen LogP contribution in [0.2, 0.25) is 0 Å². The van der Waals surface area contributed by atoms with Crippen molar-refractivity contribution >= 4 is 5.78 Å². The Hall–Kier alpha value is -1.31. The molecule has 0 unspecified atom stereocenters. The lowest BCUT2D eigenvalue weighted by molar-refractivity contribution is -0.117. The highest BCUT2D eigenvalue weighted by Gasteiger charge is 2.26. The lowest BCUT2D eigenvalue weighted by Gasteiger charge is -2.08. The third kappa shape index (κ3) is 1.62. The smallest absolute Gasteiger partial charge is 0.140 e. The Balaban J connectivity index is 1.95. The molecule has 0 aromatic carbocycles. The number of nitrogens with one attached hydrogen (secondary N) is 1. The normalized spacial score (nSPS) is 24.9. The van der Waals surface area contributed by atoms with Crippen LogP contribution in [0, 0.1) is 0 Å². The molecule has 2 nitrogen and oxygen atoms in total. The first-order chi connectivity index (χ1) is 7.84. The van der Waals surface area contributed by atoms with Gasteiger partial charge in [0.15, 0.2) is 0 Å². The first kappa shape index (κ1) is 9.88. The van der Waals surface area contributed by atoms with Crippen LogP contribution in [-0.2, 0) is 4.79 Å². The summed E-state index contributed by atoms with van der Waals surface area (Å²) in [6.45, 7) is 1.08. The van der Waals surface area contributed by atoms with Crippen molar-refractivity contribution in [2.24, 2.45) is 0 Å². The van der Waals surface area contributed by atoms with E-state index in [0.29, 0.717) is 18.6 Å². The minimum Gasteiger partial charge on any atom is -0.385 e. The predicted molar refractivity (Wildman–Crippen MR) is 63.9 cm³/mol. The molecule has 1 heterocycles. The van der Waals surface area contributed by atoms with Crippen molar-refractivity contribution in [3.8, 4) is 0 Å². The molecule has 84 valence electrons. The second kappa shape index (κ2) is 3.93. The van der Waals surface area contributed by atoms with Crippen LogP contribution in [0.15, 0.2) is 34.6 Å². The number of Topliss-reactive ketones (excluding diaryl/α,β-unsaturated/α-hetero) is 1. The Bertz CT molecular complexity index is 426. The molecule has 2 heteroatoms. The van der Waals surface area contributed by atoms with Crippen LogP contribution >= 0.6 is 0 Å². The van der Waals surface area contributed by atoms with E-state index in [0.717, 1.165) is 13.0 Å². The highest BCUT2D eigenvalue weighted by Crippen LogP contribution is 2.38. The molecular formula is C14H17NO. The summed E-state index contributed by atoms with van der Waals surface area (Å²) in [5.41, 5.74) is 5.54. The molecule has 3 rings (SSSR count). The van der Waals surface area contributed by atoms with Gasteiger partial charge in [0.1, 0.15) is 5.78 Å². The summed E-state index contributed by atoms with van der Waals surface area (Å²) in [6.07, 6.45) is 10.2. The van der Waals surface area contributed by atoms with E-state index in [-0.39, 0.29) is 0 Å². The molecule has 0 bridgehead atoms. The van der Waals surface area contributed by atoms with Crippen molar-refractivity contribution in [3.63, 3.8) is 0 Å². The summed E-state index contributed by atoms with van der Waals surface area (Å²) in [7, 11) is 0. The fraction of sp³-hybridized carbons (Fsp3) is 0.500. The number of ketones is 1. The Kier molecular flexibility index (Phi) is 2.43. The van der Waals surface area contributed by atoms with Crippen LogP contribution in [0.25, 0.3) is 0 Å². The summed E-state index contributed by atoms with van der Waals surface area (Å²) < 4.78 is 0. The summed E-state index contributed by atoms with van der Waals surface area (Å²) in [4.78, 5) is 11.6. The zero-order valence-electron chi connectivity index (χ0n) is 9.51. The number of hydrogen-bond acceptors (Lipinski definition) is 2. The average Bonchev–Trinajstić information content (AvgIpc) is 2.48. The minimum absolute atomic E-state index is 0.360. The van der Waals surface area contributed by atoms with Gasteiger partial charge in [-0.05, 0) is 42.4 Å². The van der Waals surface area contributed by atoms with Crippen LogP contribution in [0.1, 0.15) is 38.5 Å². The van der Waals surface area contributed by atoms with Gasteiger partial charge < -0.3 is 5.32 Å². The van der Waals surface area contributed by atoms with E-state index >= 15 is 0 Å². The van der Waals surface area contributed by atoms with Crippen molar-refractivity contribution < 1.29 is 4.79 Å². The van der Waals surface area contributed by atoms with E-state index in [1.807, 2.05) is 6.08 Å². The molecule has 3 aliphatic rings. The van der Waals surface area contributed by atoms with Gasteiger partial charge in [0.05, 0.1) is 0 Å². The second-order valence-electron chi connectivity index (χ2n) is 4.88. The van der Waals surface area contributed by atoms with E-state index in [2.05, 4.69) is 11.4 Å². The van der Waals surface area contributed by atoms with Crippen LogP contribution in [0.3, 0.4) is 0 Å². The van der Waals surface area contributed by atoms with Gasteiger partial charge in [-0.1, -0.05) is 12.2 Å². The topological polar surface area (TPSA) is 29.1 Å². The molecule has 16 heavy (non-hydrogen) atoms. The molecule has 1 aliphatic heterocycles. The largest absolute Gasteiger partial charge is 0.385 e. The van der Waals surface area contributed by atoms with Gasteiger partial charge in [0.2, 0.25) is 0 Å². The number of allylic oxidation sites excluding steroid dienone is 4. The number of rotatable bonds is 0. The van der Waals surface area contributed by atoms with Crippen LogP contribution in [0.4, 0.5) is 0 Å². The predicted octanol–water partition coefficient (Wildman–Crippen LogP) is 2.63. The standard InChI is InChI=1S/C14H17NO/c16-12-5-3-6-13-11(9-12)8-10-4-1-2-7-15-14(10)13/h3,6,15H,1-2,4-5,7-9H2. The van der Waals surface area contributed by atoms with E-state index in [1.54, 1.807) is 0 Å². The Morgan fingerprint density at radius 3 is 3.00 bits per heavy atom. The fourth-order valence-electron chi connectivity index (χ4n) is 2.90. The van der Waals surface area contributed by atoms with Gasteiger partial charge in [-0.3, -0.25) is 4.79 Å². The van der Waals surface area contributed by atoms with Crippen molar-refractivity contribution in [2.75, 3.05) is 6.54 Å². The lowest BCUT2D eigenvalue weighted by Crippen LogP contribution is -2.14. The van der Waals surface area contributed by atoms with Gasteiger partial charge in [-0.25, -0.2) is 0 Å². The maximum atomic E-state index is 11.6. The molecule has 2 aliphatic carbocycles.